The van der Waals surface area contributed by atoms with Crippen LogP contribution in [0.3, 0.4) is 0 Å². The minimum absolute atomic E-state index is 0.0883. The minimum atomic E-state index is -0.140. The Morgan fingerprint density at radius 2 is 2.24 bits per heavy atom. The highest BCUT2D eigenvalue weighted by molar-refractivity contribution is 5.26. The molecule has 1 heterocycles. The van der Waals surface area contributed by atoms with Crippen molar-refractivity contribution >= 4 is 0 Å². The summed E-state index contributed by atoms with van der Waals surface area (Å²) in [5.74, 6) is -0.140. The number of hydrogen-bond donors (Lipinski definition) is 1. The second-order valence-electron chi connectivity index (χ2n) is 4.68. The van der Waals surface area contributed by atoms with Gasteiger partial charge in [-0.2, -0.15) is 0 Å². The Hall–Kier alpha value is -0.930. The second-order valence-corrected chi connectivity index (χ2v) is 4.68. The molecule has 94 valence electrons. The van der Waals surface area contributed by atoms with E-state index in [1.165, 1.54) is 6.42 Å². The van der Waals surface area contributed by atoms with Crippen molar-refractivity contribution in [2.75, 3.05) is 13.7 Å². The van der Waals surface area contributed by atoms with E-state index in [1.807, 2.05) is 19.2 Å². The molecule has 0 spiro atoms. The van der Waals surface area contributed by atoms with Crippen LogP contribution in [0, 0.1) is 12.7 Å². The number of rotatable bonds is 3. The normalized spacial score (nSPS) is 22.4. The van der Waals surface area contributed by atoms with E-state index < -0.39 is 0 Å². The molecule has 0 amide bonds. The van der Waals surface area contributed by atoms with E-state index >= 15 is 0 Å². The zero-order chi connectivity index (χ0) is 12.3. The van der Waals surface area contributed by atoms with Crippen LogP contribution >= 0.6 is 0 Å². The van der Waals surface area contributed by atoms with E-state index in [9.17, 15) is 4.39 Å². The molecule has 0 saturated carbocycles. The summed E-state index contributed by atoms with van der Waals surface area (Å²) in [5.41, 5.74) is 1.66. The average molecular weight is 237 g/mol. The van der Waals surface area contributed by atoms with Crippen LogP contribution in [0.4, 0.5) is 4.39 Å². The smallest absolute Gasteiger partial charge is 0.126 e. The van der Waals surface area contributed by atoms with Gasteiger partial charge in [0.2, 0.25) is 0 Å². The summed E-state index contributed by atoms with van der Waals surface area (Å²) in [4.78, 5) is 0. The van der Waals surface area contributed by atoms with Crippen LogP contribution in [0.5, 0.6) is 0 Å². The molecule has 2 atom stereocenters. The first-order valence-electron chi connectivity index (χ1n) is 6.27. The summed E-state index contributed by atoms with van der Waals surface area (Å²) >= 11 is 0. The third-order valence-electron chi connectivity index (χ3n) is 3.45. The molecule has 0 aromatic heterocycles. The first-order valence-corrected chi connectivity index (χ1v) is 6.27. The number of hydrogen-bond acceptors (Lipinski definition) is 2. The maximum atomic E-state index is 13.6. The third-order valence-corrected chi connectivity index (χ3v) is 3.45. The Morgan fingerprint density at radius 1 is 1.41 bits per heavy atom. The van der Waals surface area contributed by atoms with Crippen molar-refractivity contribution in [3.05, 3.63) is 35.1 Å². The van der Waals surface area contributed by atoms with Gasteiger partial charge in [-0.05, 0) is 50.4 Å². The first kappa shape index (κ1) is 12.5. The van der Waals surface area contributed by atoms with Crippen molar-refractivity contribution < 1.29 is 9.13 Å². The molecule has 1 aromatic carbocycles. The van der Waals surface area contributed by atoms with E-state index in [1.54, 1.807) is 13.0 Å². The van der Waals surface area contributed by atoms with Crippen LogP contribution in [0.25, 0.3) is 0 Å². The topological polar surface area (TPSA) is 21.3 Å². The van der Waals surface area contributed by atoms with E-state index in [2.05, 4.69) is 5.32 Å². The lowest BCUT2D eigenvalue weighted by Crippen LogP contribution is -2.34. The molecular formula is C14H20FNO. The minimum Gasteiger partial charge on any atom is -0.376 e. The van der Waals surface area contributed by atoms with E-state index in [-0.39, 0.29) is 18.0 Å². The van der Waals surface area contributed by atoms with Gasteiger partial charge in [-0.1, -0.05) is 12.1 Å². The molecule has 1 saturated heterocycles. The van der Waals surface area contributed by atoms with Gasteiger partial charge in [-0.3, -0.25) is 0 Å². The Morgan fingerprint density at radius 3 is 2.82 bits per heavy atom. The molecule has 2 unspecified atom stereocenters. The number of benzene rings is 1. The fourth-order valence-electron chi connectivity index (χ4n) is 2.40. The van der Waals surface area contributed by atoms with Crippen molar-refractivity contribution in [2.45, 2.75) is 38.3 Å². The summed E-state index contributed by atoms with van der Waals surface area (Å²) in [6, 6.07) is 5.52. The predicted molar refractivity (Wildman–Crippen MR) is 66.5 cm³/mol. The van der Waals surface area contributed by atoms with Crippen molar-refractivity contribution in [3.63, 3.8) is 0 Å². The fraction of sp³-hybridized carbons (Fsp3) is 0.571. The van der Waals surface area contributed by atoms with Gasteiger partial charge in [-0.25, -0.2) is 4.39 Å². The van der Waals surface area contributed by atoms with Crippen LogP contribution in [0.1, 0.15) is 36.4 Å². The molecule has 1 aliphatic rings. The monoisotopic (exact) mass is 237 g/mol. The maximum absolute atomic E-state index is 13.6. The standard InChI is InChI=1S/C14H20FNO/c1-10-6-7-11(9-12(10)15)14(16-2)13-5-3-4-8-17-13/h6-7,9,13-14,16H,3-5,8H2,1-2H3. The molecule has 1 fully saturated rings. The fourth-order valence-corrected chi connectivity index (χ4v) is 2.40. The number of aryl methyl sites for hydroxylation is 1. The zero-order valence-corrected chi connectivity index (χ0v) is 10.5. The molecule has 1 N–H and O–H groups in total. The largest absolute Gasteiger partial charge is 0.376 e. The van der Waals surface area contributed by atoms with Gasteiger partial charge >= 0.3 is 0 Å². The molecule has 3 heteroatoms. The molecule has 2 nitrogen and oxygen atoms in total. The summed E-state index contributed by atoms with van der Waals surface area (Å²) in [7, 11) is 1.90. The highest BCUT2D eigenvalue weighted by atomic mass is 19.1. The molecule has 1 aliphatic heterocycles. The van der Waals surface area contributed by atoms with Crippen molar-refractivity contribution in [2.24, 2.45) is 0 Å². The van der Waals surface area contributed by atoms with E-state index in [0.29, 0.717) is 5.56 Å². The van der Waals surface area contributed by atoms with Crippen LogP contribution in [0.2, 0.25) is 0 Å². The second kappa shape index (κ2) is 5.61. The van der Waals surface area contributed by atoms with E-state index in [0.717, 1.165) is 25.0 Å². The maximum Gasteiger partial charge on any atom is 0.126 e. The molecule has 0 radical (unpaired) electrons. The van der Waals surface area contributed by atoms with E-state index in [4.69, 9.17) is 4.74 Å². The van der Waals surface area contributed by atoms with Crippen LogP contribution in [0.15, 0.2) is 18.2 Å². The number of likely N-dealkylation sites (N-methyl/N-ethyl adjacent to an activating group) is 1. The lowest BCUT2D eigenvalue weighted by Gasteiger charge is -2.30. The molecular weight excluding hydrogens is 217 g/mol. The molecule has 0 aliphatic carbocycles. The van der Waals surface area contributed by atoms with Gasteiger partial charge in [0.1, 0.15) is 5.82 Å². The van der Waals surface area contributed by atoms with Crippen molar-refractivity contribution in [1.82, 2.24) is 5.32 Å². The van der Waals surface area contributed by atoms with Gasteiger partial charge in [0.15, 0.2) is 0 Å². The lowest BCUT2D eigenvalue weighted by atomic mass is 9.95. The van der Waals surface area contributed by atoms with Crippen LogP contribution < -0.4 is 5.32 Å². The SMILES string of the molecule is CNC(c1ccc(C)c(F)c1)C1CCCCO1. The van der Waals surface area contributed by atoms with Crippen LogP contribution in [-0.4, -0.2) is 19.8 Å². The van der Waals surface area contributed by atoms with Crippen LogP contribution in [-0.2, 0) is 4.74 Å². The summed E-state index contributed by atoms with van der Waals surface area (Å²) < 4.78 is 19.3. The molecule has 0 bridgehead atoms. The average Bonchev–Trinajstić information content (AvgIpc) is 2.36. The van der Waals surface area contributed by atoms with Gasteiger partial charge in [0, 0.05) is 6.61 Å². The molecule has 2 rings (SSSR count). The Kier molecular flexibility index (Phi) is 4.13. The summed E-state index contributed by atoms with van der Waals surface area (Å²) in [5, 5.41) is 3.24. The Balaban J connectivity index is 2.18. The van der Waals surface area contributed by atoms with Crippen molar-refractivity contribution in [3.8, 4) is 0 Å². The predicted octanol–water partition coefficient (Wildman–Crippen LogP) is 2.96. The summed E-state index contributed by atoms with van der Waals surface area (Å²) in [6.07, 6.45) is 3.53. The highest BCUT2D eigenvalue weighted by Crippen LogP contribution is 2.27. The van der Waals surface area contributed by atoms with Gasteiger partial charge in [0.25, 0.3) is 0 Å². The van der Waals surface area contributed by atoms with Gasteiger partial charge in [0.05, 0.1) is 12.1 Å². The Labute approximate surface area is 102 Å². The van der Waals surface area contributed by atoms with Gasteiger partial charge in [-0.15, -0.1) is 0 Å². The number of halogens is 1. The van der Waals surface area contributed by atoms with Gasteiger partial charge < -0.3 is 10.1 Å². The highest BCUT2D eigenvalue weighted by Gasteiger charge is 2.24. The van der Waals surface area contributed by atoms with Crippen molar-refractivity contribution in [1.29, 1.82) is 0 Å². The molecule has 17 heavy (non-hydrogen) atoms. The first-order chi connectivity index (χ1) is 8.22. The number of nitrogens with one attached hydrogen (secondary N) is 1. The Bertz CT molecular complexity index is 374. The number of ether oxygens (including phenoxy) is 1. The lowest BCUT2D eigenvalue weighted by molar-refractivity contribution is -0.00667. The third kappa shape index (κ3) is 2.85. The summed E-state index contributed by atoms with van der Waals surface area (Å²) in [6.45, 7) is 2.60. The zero-order valence-electron chi connectivity index (χ0n) is 10.5. The quantitative estimate of drug-likeness (QED) is 0.872. The molecule has 1 aromatic rings.